The summed E-state index contributed by atoms with van der Waals surface area (Å²) in [5.74, 6) is -0.722. The average Bonchev–Trinajstić information content (AvgIpc) is 3.14. The molecular formula is C40H73NO12S. The molecule has 1 rings (SSSR count). The van der Waals surface area contributed by atoms with Crippen LogP contribution < -0.4 is 5.32 Å². The van der Waals surface area contributed by atoms with Gasteiger partial charge in [-0.05, 0) is 57.8 Å². The number of allylic oxidation sites excluding steroid dienone is 5. The van der Waals surface area contributed by atoms with Gasteiger partial charge in [0.25, 0.3) is 0 Å². The SMILES string of the molecule is CCCCCC/C=C\CCCCCCCCC(O)C(=O)NC(COC1OC(CO)C(O)C(OS(=O)(=O)O)C1O)C(O)/C=C/CC/C=C/CCCCCCC. The van der Waals surface area contributed by atoms with Gasteiger partial charge in [0, 0.05) is 0 Å². The smallest absolute Gasteiger partial charge is 0.394 e. The van der Waals surface area contributed by atoms with E-state index in [9.17, 15) is 38.7 Å². The fourth-order valence-electron chi connectivity index (χ4n) is 6.17. The zero-order valence-corrected chi connectivity index (χ0v) is 33.7. The Kier molecular flexibility index (Phi) is 29.2. The second-order valence-electron chi connectivity index (χ2n) is 14.3. The van der Waals surface area contributed by atoms with Crippen molar-refractivity contribution in [3.8, 4) is 0 Å². The summed E-state index contributed by atoms with van der Waals surface area (Å²) in [6.45, 7) is 3.12. The number of nitrogens with one attached hydrogen (secondary N) is 1. The van der Waals surface area contributed by atoms with Gasteiger partial charge in [-0.3, -0.25) is 9.35 Å². The summed E-state index contributed by atoms with van der Waals surface area (Å²) in [6.07, 6.45) is 22.5. The van der Waals surface area contributed by atoms with Crippen molar-refractivity contribution in [1.82, 2.24) is 5.32 Å². The summed E-state index contributed by atoms with van der Waals surface area (Å²) in [5.41, 5.74) is 0. The minimum atomic E-state index is -5.12. The fourth-order valence-corrected chi connectivity index (χ4v) is 6.68. The number of carbonyl (C=O) groups excluding carboxylic acids is 1. The highest BCUT2D eigenvalue weighted by atomic mass is 32.3. The number of hydrogen-bond donors (Lipinski definition) is 7. The molecule has 316 valence electrons. The molecule has 0 aromatic rings. The third-order valence-electron chi connectivity index (χ3n) is 9.50. The molecule has 0 aromatic carbocycles. The van der Waals surface area contributed by atoms with E-state index in [0.29, 0.717) is 12.8 Å². The minimum absolute atomic E-state index is 0.228. The Hall–Kier alpha value is -1.72. The van der Waals surface area contributed by atoms with Crippen LogP contribution in [-0.4, -0.2) is 107 Å². The second-order valence-corrected chi connectivity index (χ2v) is 15.4. The highest BCUT2D eigenvalue weighted by Crippen LogP contribution is 2.26. The summed E-state index contributed by atoms with van der Waals surface area (Å²) in [6, 6.07) is -1.14. The van der Waals surface area contributed by atoms with Gasteiger partial charge in [-0.1, -0.05) is 127 Å². The van der Waals surface area contributed by atoms with Gasteiger partial charge in [0.05, 0.1) is 25.4 Å². The molecule has 1 aliphatic heterocycles. The molecule has 1 fully saturated rings. The quantitative estimate of drug-likeness (QED) is 0.0241. The monoisotopic (exact) mass is 791 g/mol. The molecule has 54 heavy (non-hydrogen) atoms. The van der Waals surface area contributed by atoms with Gasteiger partial charge in [-0.2, -0.15) is 8.42 Å². The summed E-state index contributed by atoms with van der Waals surface area (Å²) < 4.78 is 47.3. The highest BCUT2D eigenvalue weighted by Gasteiger charge is 2.48. The van der Waals surface area contributed by atoms with Crippen LogP contribution in [0.25, 0.3) is 0 Å². The summed E-state index contributed by atoms with van der Waals surface area (Å²) in [4.78, 5) is 13.0. The summed E-state index contributed by atoms with van der Waals surface area (Å²) in [7, 11) is -5.12. The Bertz CT molecular complexity index is 1130. The van der Waals surface area contributed by atoms with Crippen LogP contribution in [0.4, 0.5) is 0 Å². The van der Waals surface area contributed by atoms with Gasteiger partial charge in [-0.25, -0.2) is 4.18 Å². The van der Waals surface area contributed by atoms with Gasteiger partial charge >= 0.3 is 10.4 Å². The van der Waals surface area contributed by atoms with Crippen LogP contribution in [-0.2, 0) is 28.9 Å². The van der Waals surface area contributed by atoms with Crippen molar-refractivity contribution in [2.45, 2.75) is 198 Å². The standard InChI is InChI=1S/C40H73NO12S/c1-3-5-7-9-11-13-15-16-17-19-21-23-25-27-29-34(44)39(47)41-32(33(43)28-26-24-22-20-18-14-12-10-8-6-4-2)31-51-40-37(46)38(53-54(48,49)50)36(45)35(30-42)52-40/h13,15,18,20,26,28,32-38,40,42-46H,3-12,14,16-17,19,21-25,27,29-31H2,1-2H3,(H,41,47)(H,48,49,50)/b15-13-,20-18+,28-26+. The molecular weight excluding hydrogens is 719 g/mol. The van der Waals surface area contributed by atoms with Crippen molar-refractivity contribution in [1.29, 1.82) is 0 Å². The lowest BCUT2D eigenvalue weighted by atomic mass is 9.99. The van der Waals surface area contributed by atoms with Gasteiger partial charge in [0.15, 0.2) is 6.29 Å². The molecule has 0 spiro atoms. The van der Waals surface area contributed by atoms with Crippen molar-refractivity contribution < 1.29 is 57.0 Å². The van der Waals surface area contributed by atoms with Crippen LogP contribution in [0.1, 0.15) is 149 Å². The highest BCUT2D eigenvalue weighted by molar-refractivity contribution is 7.80. The Morgan fingerprint density at radius 3 is 1.80 bits per heavy atom. The van der Waals surface area contributed by atoms with Gasteiger partial charge in [-0.15, -0.1) is 0 Å². The lowest BCUT2D eigenvalue weighted by Crippen LogP contribution is -2.61. The molecule has 14 heteroatoms. The molecule has 1 saturated heterocycles. The molecule has 1 amide bonds. The zero-order valence-electron chi connectivity index (χ0n) is 32.9. The number of unbranched alkanes of at least 4 members (excludes halogenated alkanes) is 16. The maximum absolute atomic E-state index is 13.0. The second kappa shape index (κ2) is 31.4. The van der Waals surface area contributed by atoms with E-state index < -0.39 is 78.5 Å². The first-order valence-electron chi connectivity index (χ1n) is 20.5. The van der Waals surface area contributed by atoms with E-state index in [2.05, 4.69) is 47.7 Å². The number of ether oxygens (including phenoxy) is 2. The van der Waals surface area contributed by atoms with Crippen molar-refractivity contribution in [2.24, 2.45) is 0 Å². The van der Waals surface area contributed by atoms with Crippen molar-refractivity contribution >= 4 is 16.3 Å². The van der Waals surface area contributed by atoms with Gasteiger partial charge in [0.2, 0.25) is 5.91 Å². The molecule has 0 saturated carbocycles. The number of aliphatic hydroxyl groups is 5. The average molecular weight is 792 g/mol. The van der Waals surface area contributed by atoms with Gasteiger partial charge in [0.1, 0.15) is 30.5 Å². The molecule has 1 aliphatic rings. The predicted octanol–water partition coefficient (Wildman–Crippen LogP) is 5.74. The third kappa shape index (κ3) is 24.0. The maximum atomic E-state index is 13.0. The normalized spacial score (nSPS) is 22.7. The summed E-state index contributed by atoms with van der Waals surface area (Å²) >= 11 is 0. The summed E-state index contributed by atoms with van der Waals surface area (Å²) in [5, 5.41) is 54.9. The van der Waals surface area contributed by atoms with E-state index in [1.807, 2.05) is 0 Å². The van der Waals surface area contributed by atoms with E-state index in [4.69, 9.17) is 14.0 Å². The first-order valence-corrected chi connectivity index (χ1v) is 21.8. The van der Waals surface area contributed by atoms with Crippen LogP contribution in [0.2, 0.25) is 0 Å². The molecule has 0 bridgehead atoms. The molecule has 0 aliphatic carbocycles. The Morgan fingerprint density at radius 1 is 0.741 bits per heavy atom. The van der Waals surface area contributed by atoms with Gasteiger partial charge < -0.3 is 40.3 Å². The zero-order chi connectivity index (χ0) is 40.0. The molecule has 1 heterocycles. The third-order valence-corrected chi connectivity index (χ3v) is 9.97. The molecule has 0 radical (unpaired) electrons. The largest absolute Gasteiger partial charge is 0.397 e. The van der Waals surface area contributed by atoms with Crippen LogP contribution in [0.15, 0.2) is 36.5 Å². The Labute approximate surface area is 325 Å². The Balaban J connectivity index is 2.69. The maximum Gasteiger partial charge on any atom is 0.397 e. The molecule has 8 unspecified atom stereocenters. The van der Waals surface area contributed by atoms with E-state index in [1.165, 1.54) is 57.4 Å². The fraction of sp³-hybridized carbons (Fsp3) is 0.825. The van der Waals surface area contributed by atoms with E-state index in [0.717, 1.165) is 64.2 Å². The van der Waals surface area contributed by atoms with E-state index in [1.54, 1.807) is 6.08 Å². The van der Waals surface area contributed by atoms with Crippen molar-refractivity contribution in [2.75, 3.05) is 13.2 Å². The first kappa shape index (κ1) is 50.3. The minimum Gasteiger partial charge on any atom is -0.394 e. The molecule has 7 N–H and O–H groups in total. The topological polar surface area (TPSA) is 212 Å². The Morgan fingerprint density at radius 2 is 1.24 bits per heavy atom. The van der Waals surface area contributed by atoms with Crippen LogP contribution in [0.5, 0.6) is 0 Å². The molecule has 13 nitrogen and oxygen atoms in total. The first-order chi connectivity index (χ1) is 25.9. The molecule has 8 atom stereocenters. The number of rotatable bonds is 33. The van der Waals surface area contributed by atoms with Crippen LogP contribution in [0, 0.1) is 0 Å². The number of carbonyl (C=O) groups is 1. The van der Waals surface area contributed by atoms with Crippen molar-refractivity contribution in [3.05, 3.63) is 36.5 Å². The predicted molar refractivity (Wildman–Crippen MR) is 210 cm³/mol. The molecule has 0 aromatic heterocycles. The number of aliphatic hydroxyl groups excluding tert-OH is 5. The number of hydrogen-bond acceptors (Lipinski definition) is 11. The van der Waals surface area contributed by atoms with Crippen LogP contribution in [0.3, 0.4) is 0 Å². The number of amides is 1. The van der Waals surface area contributed by atoms with E-state index in [-0.39, 0.29) is 6.42 Å². The van der Waals surface area contributed by atoms with Crippen LogP contribution >= 0.6 is 0 Å². The lowest BCUT2D eigenvalue weighted by molar-refractivity contribution is -0.298. The van der Waals surface area contributed by atoms with Crippen molar-refractivity contribution in [3.63, 3.8) is 0 Å². The lowest BCUT2D eigenvalue weighted by Gasteiger charge is -2.41. The van der Waals surface area contributed by atoms with E-state index >= 15 is 0 Å².